The van der Waals surface area contributed by atoms with E-state index in [2.05, 4.69) is 88.4 Å². The zero-order chi connectivity index (χ0) is 20.3. The molecule has 0 aromatic heterocycles. The Kier molecular flexibility index (Phi) is 9.21. The predicted molar refractivity (Wildman–Crippen MR) is 118 cm³/mol. The van der Waals surface area contributed by atoms with Crippen LogP contribution >= 0.6 is 0 Å². The van der Waals surface area contributed by atoms with Crippen molar-refractivity contribution in [1.29, 1.82) is 0 Å². The lowest BCUT2D eigenvalue weighted by Gasteiger charge is -2.36. The maximum atomic E-state index is 6.31. The topological polar surface area (TPSA) is 18.5 Å². The van der Waals surface area contributed by atoms with Crippen molar-refractivity contribution in [3.05, 3.63) is 71.8 Å². The van der Waals surface area contributed by atoms with Gasteiger partial charge in [-0.05, 0) is 37.8 Å². The highest BCUT2D eigenvalue weighted by molar-refractivity contribution is 5.23. The van der Waals surface area contributed by atoms with Crippen LogP contribution in [-0.2, 0) is 21.0 Å². The van der Waals surface area contributed by atoms with Gasteiger partial charge in [0.1, 0.15) is 11.2 Å². The molecule has 2 aromatic rings. The summed E-state index contributed by atoms with van der Waals surface area (Å²) in [6, 6.07) is 21.0. The smallest absolute Gasteiger partial charge is 0.126 e. The fourth-order valence-electron chi connectivity index (χ4n) is 3.66. The number of benzene rings is 2. The summed E-state index contributed by atoms with van der Waals surface area (Å²) in [4.78, 5) is 12.6. The molecule has 0 aliphatic rings. The Morgan fingerprint density at radius 2 is 0.929 bits per heavy atom. The lowest BCUT2D eigenvalue weighted by molar-refractivity contribution is -0.420. The van der Waals surface area contributed by atoms with Crippen LogP contribution < -0.4 is 0 Å². The predicted octanol–water partition coefficient (Wildman–Crippen LogP) is 7.93. The monoisotopic (exact) mass is 382 g/mol. The van der Waals surface area contributed by atoms with Gasteiger partial charge in [-0.2, -0.15) is 0 Å². The first-order valence-electron chi connectivity index (χ1n) is 11.0. The van der Waals surface area contributed by atoms with Crippen LogP contribution in [0.1, 0.15) is 90.2 Å². The van der Waals surface area contributed by atoms with E-state index >= 15 is 0 Å². The summed E-state index contributed by atoms with van der Waals surface area (Å²) in [5.41, 5.74) is 1.46. The third kappa shape index (κ3) is 6.46. The van der Waals surface area contributed by atoms with Gasteiger partial charge in [0.2, 0.25) is 0 Å². The highest BCUT2D eigenvalue weighted by Crippen LogP contribution is 2.38. The Morgan fingerprint density at radius 3 is 1.25 bits per heavy atom. The van der Waals surface area contributed by atoms with Gasteiger partial charge < -0.3 is 0 Å². The molecule has 0 radical (unpaired) electrons. The molecule has 0 spiro atoms. The fraction of sp³-hybridized carbons (Fsp3) is 0.538. The molecule has 2 rings (SSSR count). The second-order valence-electron chi connectivity index (χ2n) is 8.27. The summed E-state index contributed by atoms with van der Waals surface area (Å²) < 4.78 is 0. The molecule has 0 aliphatic heterocycles. The minimum atomic E-state index is -0.447. The van der Waals surface area contributed by atoms with Crippen LogP contribution in [0.4, 0.5) is 0 Å². The summed E-state index contributed by atoms with van der Waals surface area (Å²) in [7, 11) is 0. The van der Waals surface area contributed by atoms with Crippen LogP contribution in [0.15, 0.2) is 60.7 Å². The van der Waals surface area contributed by atoms with Gasteiger partial charge in [-0.15, -0.1) is 0 Å². The molecule has 0 saturated carbocycles. The van der Waals surface area contributed by atoms with E-state index in [-0.39, 0.29) is 0 Å². The average Bonchev–Trinajstić information content (AvgIpc) is 2.74. The van der Waals surface area contributed by atoms with E-state index in [0.717, 1.165) is 25.7 Å². The van der Waals surface area contributed by atoms with Crippen molar-refractivity contribution in [3.8, 4) is 0 Å². The normalized spacial score (nSPS) is 15.7. The molecule has 0 N–H and O–H groups in total. The summed E-state index contributed by atoms with van der Waals surface area (Å²) >= 11 is 0. The highest BCUT2D eigenvalue weighted by Gasteiger charge is 2.35. The van der Waals surface area contributed by atoms with Crippen LogP contribution in [0.2, 0.25) is 0 Å². The van der Waals surface area contributed by atoms with E-state index in [0.29, 0.717) is 0 Å². The van der Waals surface area contributed by atoms with Crippen LogP contribution in [0.25, 0.3) is 0 Å². The zero-order valence-electron chi connectivity index (χ0n) is 18.2. The second kappa shape index (κ2) is 11.4. The molecule has 2 unspecified atom stereocenters. The molecule has 2 atom stereocenters. The van der Waals surface area contributed by atoms with E-state index in [9.17, 15) is 0 Å². The van der Waals surface area contributed by atoms with Crippen molar-refractivity contribution in [2.75, 3.05) is 0 Å². The molecule has 0 bridgehead atoms. The molecule has 0 aliphatic carbocycles. The van der Waals surface area contributed by atoms with E-state index in [1.807, 2.05) is 0 Å². The molecule has 0 heterocycles. The van der Waals surface area contributed by atoms with Gasteiger partial charge in [0, 0.05) is 0 Å². The SMILES string of the molecule is CCCCCC(C)(OOC(C)(CCCCC)c1ccccc1)c1ccccc1. The summed E-state index contributed by atoms with van der Waals surface area (Å²) in [5, 5.41) is 0. The maximum Gasteiger partial charge on any atom is 0.126 e. The van der Waals surface area contributed by atoms with Gasteiger partial charge in [0.25, 0.3) is 0 Å². The summed E-state index contributed by atoms with van der Waals surface area (Å²) in [6.07, 6.45) is 8.97. The van der Waals surface area contributed by atoms with Crippen LogP contribution in [0.3, 0.4) is 0 Å². The second-order valence-corrected chi connectivity index (χ2v) is 8.27. The third-order valence-corrected chi connectivity index (χ3v) is 5.69. The number of unbranched alkanes of at least 4 members (excludes halogenated alkanes) is 4. The molecule has 2 aromatic carbocycles. The Balaban J connectivity index is 2.20. The molecule has 0 fully saturated rings. The Labute approximate surface area is 172 Å². The van der Waals surface area contributed by atoms with E-state index < -0.39 is 11.2 Å². The van der Waals surface area contributed by atoms with Gasteiger partial charge in [0.05, 0.1) is 0 Å². The van der Waals surface area contributed by atoms with Crippen molar-refractivity contribution >= 4 is 0 Å². The van der Waals surface area contributed by atoms with E-state index in [1.54, 1.807) is 0 Å². The highest BCUT2D eigenvalue weighted by atomic mass is 17.2. The van der Waals surface area contributed by atoms with Crippen molar-refractivity contribution < 1.29 is 9.78 Å². The lowest BCUT2D eigenvalue weighted by atomic mass is 9.89. The Morgan fingerprint density at radius 1 is 0.571 bits per heavy atom. The standard InChI is InChI=1S/C26H38O2/c1-5-7-15-21-25(3,23-17-11-9-12-18-23)27-28-26(4,22-16-8-6-2)24-19-13-10-14-20-24/h9-14,17-20H,5-8,15-16,21-22H2,1-4H3. The van der Waals surface area contributed by atoms with Crippen molar-refractivity contribution in [3.63, 3.8) is 0 Å². The van der Waals surface area contributed by atoms with Gasteiger partial charge in [-0.3, -0.25) is 0 Å². The first-order chi connectivity index (χ1) is 13.5. The van der Waals surface area contributed by atoms with Crippen molar-refractivity contribution in [2.45, 2.75) is 90.3 Å². The number of hydrogen-bond acceptors (Lipinski definition) is 2. The van der Waals surface area contributed by atoms with E-state index in [1.165, 1.54) is 36.8 Å². The van der Waals surface area contributed by atoms with Crippen LogP contribution in [0, 0.1) is 0 Å². The number of rotatable bonds is 13. The van der Waals surface area contributed by atoms with Crippen molar-refractivity contribution in [2.24, 2.45) is 0 Å². The summed E-state index contributed by atoms with van der Waals surface area (Å²) in [6.45, 7) is 8.79. The fourth-order valence-corrected chi connectivity index (χ4v) is 3.66. The average molecular weight is 383 g/mol. The first-order valence-corrected chi connectivity index (χ1v) is 11.0. The molecule has 0 amide bonds. The lowest BCUT2D eigenvalue weighted by Crippen LogP contribution is -2.33. The van der Waals surface area contributed by atoms with E-state index in [4.69, 9.17) is 9.78 Å². The third-order valence-electron chi connectivity index (χ3n) is 5.69. The quantitative estimate of drug-likeness (QED) is 0.199. The van der Waals surface area contributed by atoms with Crippen molar-refractivity contribution in [1.82, 2.24) is 0 Å². The summed E-state index contributed by atoms with van der Waals surface area (Å²) in [5.74, 6) is 0. The number of hydrogen-bond donors (Lipinski definition) is 0. The largest absolute Gasteiger partial charge is 0.225 e. The van der Waals surface area contributed by atoms with Gasteiger partial charge in [0.15, 0.2) is 0 Å². The van der Waals surface area contributed by atoms with Crippen LogP contribution in [0.5, 0.6) is 0 Å². The van der Waals surface area contributed by atoms with Gasteiger partial charge in [-0.25, -0.2) is 9.78 Å². The van der Waals surface area contributed by atoms with Crippen LogP contribution in [-0.4, -0.2) is 0 Å². The molecule has 154 valence electrons. The maximum absolute atomic E-state index is 6.31. The van der Waals surface area contributed by atoms with Gasteiger partial charge >= 0.3 is 0 Å². The zero-order valence-corrected chi connectivity index (χ0v) is 18.2. The molecule has 2 nitrogen and oxygen atoms in total. The Hall–Kier alpha value is -1.64. The molecular formula is C26H38O2. The minimum absolute atomic E-state index is 0.447. The molecular weight excluding hydrogens is 344 g/mol. The molecule has 2 heteroatoms. The first kappa shape index (κ1) is 22.6. The molecule has 0 saturated heterocycles. The van der Waals surface area contributed by atoms with Gasteiger partial charge in [-0.1, -0.05) is 113 Å². The molecule has 28 heavy (non-hydrogen) atoms. The minimum Gasteiger partial charge on any atom is -0.225 e. The Bertz CT molecular complexity index is 595.